The van der Waals surface area contributed by atoms with Crippen LogP contribution in [0.25, 0.3) is 6.08 Å². The lowest BCUT2D eigenvalue weighted by Crippen LogP contribution is -2.26. The quantitative estimate of drug-likeness (QED) is 0.358. The highest BCUT2D eigenvalue weighted by molar-refractivity contribution is 9.10. The molecule has 0 atom stereocenters. The number of carbonyl (C=O) groups is 1. The van der Waals surface area contributed by atoms with E-state index in [1.54, 1.807) is 6.92 Å². The number of benzene rings is 1. The summed E-state index contributed by atoms with van der Waals surface area (Å²) in [5.41, 5.74) is 4.61. The Morgan fingerprint density at radius 2 is 2.04 bits per heavy atom. The van der Waals surface area contributed by atoms with Gasteiger partial charge in [-0.1, -0.05) is 0 Å². The second-order valence-electron chi connectivity index (χ2n) is 4.81. The molecule has 0 aromatic heterocycles. The van der Waals surface area contributed by atoms with Crippen molar-refractivity contribution in [2.24, 2.45) is 5.84 Å². The van der Waals surface area contributed by atoms with Crippen molar-refractivity contribution in [2.45, 2.75) is 19.8 Å². The number of halogens is 3. The molecular weight excluding hydrogens is 372 g/mol. The van der Waals surface area contributed by atoms with Gasteiger partial charge in [0.15, 0.2) is 5.82 Å². The van der Waals surface area contributed by atoms with Crippen molar-refractivity contribution in [3.8, 4) is 0 Å². The molecule has 1 aliphatic rings. The standard InChI is InChI=1S/C11H10BrF2NO2.C4H10N2/c1-2-17-9(16)4-3-6-7(12)5-8(13)11(15)10(6)14;5-6-3-1-2-4-6/h3-5H,2,15H2,1H3;1-5H2/b4-3+;. The van der Waals surface area contributed by atoms with Gasteiger partial charge in [0.1, 0.15) is 11.5 Å². The predicted molar refractivity (Wildman–Crippen MR) is 89.1 cm³/mol. The van der Waals surface area contributed by atoms with Gasteiger partial charge in [-0.3, -0.25) is 5.84 Å². The summed E-state index contributed by atoms with van der Waals surface area (Å²) in [5.74, 6) is 2.98. The number of hydrogen-bond donors (Lipinski definition) is 2. The summed E-state index contributed by atoms with van der Waals surface area (Å²) < 4.78 is 31.4. The highest BCUT2D eigenvalue weighted by atomic mass is 79.9. The topological polar surface area (TPSA) is 81.6 Å². The van der Waals surface area contributed by atoms with Crippen LogP contribution in [-0.4, -0.2) is 30.7 Å². The van der Waals surface area contributed by atoms with E-state index < -0.39 is 23.3 Å². The van der Waals surface area contributed by atoms with Gasteiger partial charge in [0.25, 0.3) is 0 Å². The maximum atomic E-state index is 13.6. The largest absolute Gasteiger partial charge is 0.463 e. The average Bonchev–Trinajstić information content (AvgIpc) is 2.97. The highest BCUT2D eigenvalue weighted by Gasteiger charge is 2.13. The van der Waals surface area contributed by atoms with E-state index in [2.05, 4.69) is 20.7 Å². The van der Waals surface area contributed by atoms with Crippen LogP contribution in [0.3, 0.4) is 0 Å². The average molecular weight is 392 g/mol. The van der Waals surface area contributed by atoms with E-state index in [9.17, 15) is 13.6 Å². The van der Waals surface area contributed by atoms with E-state index >= 15 is 0 Å². The summed E-state index contributed by atoms with van der Waals surface area (Å²) in [5, 5.41) is 1.86. The zero-order valence-electron chi connectivity index (χ0n) is 12.8. The third-order valence-electron chi connectivity index (χ3n) is 3.05. The number of rotatable bonds is 3. The van der Waals surface area contributed by atoms with Crippen molar-refractivity contribution in [2.75, 3.05) is 25.4 Å². The van der Waals surface area contributed by atoms with Crippen LogP contribution in [0.15, 0.2) is 16.6 Å². The number of nitrogen functional groups attached to an aromatic ring is 1. The summed E-state index contributed by atoms with van der Waals surface area (Å²) in [6.45, 7) is 4.07. The van der Waals surface area contributed by atoms with Gasteiger partial charge in [-0.25, -0.2) is 18.6 Å². The third kappa shape index (κ3) is 6.25. The van der Waals surface area contributed by atoms with Gasteiger partial charge in [-0.05, 0) is 47.8 Å². The Morgan fingerprint density at radius 3 is 2.52 bits per heavy atom. The Kier molecular flexibility index (Phi) is 8.15. The molecule has 8 heteroatoms. The molecule has 0 unspecified atom stereocenters. The first-order valence-electron chi connectivity index (χ1n) is 7.14. The molecule has 1 fully saturated rings. The van der Waals surface area contributed by atoms with Gasteiger partial charge in [0.2, 0.25) is 0 Å². The molecule has 5 nitrogen and oxygen atoms in total. The minimum Gasteiger partial charge on any atom is -0.463 e. The van der Waals surface area contributed by atoms with Gasteiger partial charge in [-0.15, -0.1) is 0 Å². The number of nitrogens with two attached hydrogens (primary N) is 2. The van der Waals surface area contributed by atoms with Crippen molar-refractivity contribution in [3.05, 3.63) is 33.8 Å². The van der Waals surface area contributed by atoms with Crippen molar-refractivity contribution >= 4 is 33.7 Å². The zero-order valence-corrected chi connectivity index (χ0v) is 14.4. The Labute approximate surface area is 142 Å². The fourth-order valence-electron chi connectivity index (χ4n) is 1.86. The first kappa shape index (κ1) is 19.5. The van der Waals surface area contributed by atoms with Gasteiger partial charge in [-0.2, -0.15) is 0 Å². The summed E-state index contributed by atoms with van der Waals surface area (Å²) in [6, 6.07) is 1.03. The van der Waals surface area contributed by atoms with E-state index in [1.807, 2.05) is 5.01 Å². The molecule has 2 rings (SSSR count). The molecule has 1 aromatic rings. The van der Waals surface area contributed by atoms with E-state index in [0.717, 1.165) is 25.2 Å². The number of esters is 1. The minimum absolute atomic E-state index is 0.00282. The maximum Gasteiger partial charge on any atom is 0.330 e. The van der Waals surface area contributed by atoms with Crippen molar-refractivity contribution in [1.82, 2.24) is 5.01 Å². The molecule has 0 aliphatic carbocycles. The van der Waals surface area contributed by atoms with Crippen molar-refractivity contribution in [1.29, 1.82) is 0 Å². The number of hydrazine groups is 1. The molecule has 0 spiro atoms. The molecule has 1 aromatic carbocycles. The summed E-state index contributed by atoms with van der Waals surface area (Å²) >= 11 is 2.98. The second-order valence-corrected chi connectivity index (χ2v) is 5.66. The lowest BCUT2D eigenvalue weighted by atomic mass is 10.1. The lowest BCUT2D eigenvalue weighted by Gasteiger charge is -2.05. The summed E-state index contributed by atoms with van der Waals surface area (Å²) in [6.07, 6.45) is 4.80. The number of carbonyl (C=O) groups excluding carboxylic acids is 1. The second kappa shape index (κ2) is 9.59. The van der Waals surface area contributed by atoms with E-state index in [1.165, 1.54) is 18.9 Å². The molecule has 0 amide bonds. The molecule has 1 aliphatic heterocycles. The molecule has 1 saturated heterocycles. The van der Waals surface area contributed by atoms with Crippen molar-refractivity contribution in [3.63, 3.8) is 0 Å². The first-order valence-corrected chi connectivity index (χ1v) is 7.93. The highest BCUT2D eigenvalue weighted by Crippen LogP contribution is 2.28. The minimum atomic E-state index is -0.919. The van der Waals surface area contributed by atoms with Crippen LogP contribution in [0.1, 0.15) is 25.3 Å². The monoisotopic (exact) mass is 391 g/mol. The molecule has 0 bridgehead atoms. The fraction of sp³-hybridized carbons (Fsp3) is 0.400. The molecule has 1 heterocycles. The Bertz CT molecular complexity index is 576. The smallest absolute Gasteiger partial charge is 0.330 e. The number of ether oxygens (including phenoxy) is 1. The SMILES string of the molecule is CCOC(=O)/C=C/c1c(Br)cc(F)c(N)c1F.NN1CCCC1. The maximum absolute atomic E-state index is 13.6. The van der Waals surface area contributed by atoms with E-state index in [4.69, 9.17) is 11.6 Å². The number of hydrogen-bond acceptors (Lipinski definition) is 5. The summed E-state index contributed by atoms with van der Waals surface area (Å²) in [7, 11) is 0. The van der Waals surface area contributed by atoms with Crippen LogP contribution < -0.4 is 11.6 Å². The molecule has 4 N–H and O–H groups in total. The predicted octanol–water partition coefficient (Wildman–Crippen LogP) is 2.84. The van der Waals surface area contributed by atoms with Gasteiger partial charge in [0, 0.05) is 29.2 Å². The van der Waals surface area contributed by atoms with Crippen LogP contribution >= 0.6 is 15.9 Å². The zero-order chi connectivity index (χ0) is 17.4. The Morgan fingerprint density at radius 1 is 1.43 bits per heavy atom. The molecule has 128 valence electrons. The van der Waals surface area contributed by atoms with Crippen LogP contribution in [-0.2, 0) is 9.53 Å². The molecule has 0 saturated carbocycles. The summed E-state index contributed by atoms with van der Waals surface area (Å²) in [4.78, 5) is 11.0. The van der Waals surface area contributed by atoms with Gasteiger partial charge in [0.05, 0.1) is 6.61 Å². The van der Waals surface area contributed by atoms with Crippen molar-refractivity contribution < 1.29 is 18.3 Å². The van der Waals surface area contributed by atoms with Gasteiger partial charge >= 0.3 is 5.97 Å². The molecule has 23 heavy (non-hydrogen) atoms. The molecular formula is C15H20BrF2N3O2. The van der Waals surface area contributed by atoms with Crippen LogP contribution in [0, 0.1) is 11.6 Å². The normalized spacial score (nSPS) is 14.7. The first-order chi connectivity index (χ1) is 10.9. The fourth-order valence-corrected chi connectivity index (χ4v) is 2.36. The molecule has 0 radical (unpaired) electrons. The van der Waals surface area contributed by atoms with Gasteiger partial charge < -0.3 is 10.5 Å². The number of anilines is 1. The Hall–Kier alpha value is -1.51. The van der Waals surface area contributed by atoms with Crippen LogP contribution in [0.2, 0.25) is 0 Å². The van der Waals surface area contributed by atoms with E-state index in [-0.39, 0.29) is 16.6 Å². The number of nitrogens with zero attached hydrogens (tertiary/aromatic N) is 1. The Balaban J connectivity index is 0.000000366. The lowest BCUT2D eigenvalue weighted by molar-refractivity contribution is -0.137. The van der Waals surface area contributed by atoms with E-state index in [0.29, 0.717) is 0 Å². The van der Waals surface area contributed by atoms with Crippen LogP contribution in [0.4, 0.5) is 14.5 Å². The van der Waals surface area contributed by atoms with Crippen LogP contribution in [0.5, 0.6) is 0 Å². The third-order valence-corrected chi connectivity index (χ3v) is 3.71.